The molecule has 0 saturated heterocycles. The van der Waals surface area contributed by atoms with E-state index in [2.05, 4.69) is 22.2 Å². The van der Waals surface area contributed by atoms with Crippen LogP contribution in [0.5, 0.6) is 0 Å². The molecular weight excluding hydrogens is 214 g/mol. The van der Waals surface area contributed by atoms with Crippen LogP contribution >= 0.6 is 0 Å². The Bertz CT molecular complexity index is 321. The molecule has 1 aromatic heterocycles. The summed E-state index contributed by atoms with van der Waals surface area (Å²) in [7, 11) is 1.73. The summed E-state index contributed by atoms with van der Waals surface area (Å²) in [4.78, 5) is 8.65. The summed E-state index contributed by atoms with van der Waals surface area (Å²) in [6.07, 6.45) is 3.50. The maximum Gasteiger partial charge on any atom is 0.130 e. The molecule has 4 heteroatoms. The largest absolute Gasteiger partial charge is 0.383 e. The first-order valence-electron chi connectivity index (χ1n) is 6.23. The van der Waals surface area contributed by atoms with E-state index in [1.54, 1.807) is 7.11 Å². The molecule has 0 amide bonds. The Hall–Kier alpha value is -1.16. The van der Waals surface area contributed by atoms with Gasteiger partial charge in [-0.2, -0.15) is 0 Å². The molecule has 0 aliphatic heterocycles. The van der Waals surface area contributed by atoms with Crippen LogP contribution in [0.1, 0.15) is 37.7 Å². The SMILES string of the molecule is CCCCC(COC)Nc1cc(C)nc(C)n1. The minimum absolute atomic E-state index is 0.327. The second-order valence-electron chi connectivity index (χ2n) is 4.38. The van der Waals surface area contributed by atoms with Crippen molar-refractivity contribution in [2.75, 3.05) is 19.0 Å². The summed E-state index contributed by atoms with van der Waals surface area (Å²) in [6, 6.07) is 2.30. The minimum atomic E-state index is 0.327. The average Bonchev–Trinajstić information content (AvgIpc) is 2.24. The summed E-state index contributed by atoms with van der Waals surface area (Å²) in [5.74, 6) is 1.70. The third kappa shape index (κ3) is 5.13. The quantitative estimate of drug-likeness (QED) is 0.792. The normalized spacial score (nSPS) is 12.5. The number of ether oxygens (including phenoxy) is 1. The first-order chi connectivity index (χ1) is 8.15. The lowest BCUT2D eigenvalue weighted by molar-refractivity contribution is 0.182. The fourth-order valence-electron chi connectivity index (χ4n) is 1.85. The zero-order valence-corrected chi connectivity index (χ0v) is 11.3. The summed E-state index contributed by atoms with van der Waals surface area (Å²) in [5, 5.41) is 3.42. The van der Waals surface area contributed by atoms with Crippen molar-refractivity contribution < 1.29 is 4.74 Å². The van der Waals surface area contributed by atoms with E-state index in [9.17, 15) is 0 Å². The van der Waals surface area contributed by atoms with E-state index >= 15 is 0 Å². The van der Waals surface area contributed by atoms with Gasteiger partial charge in [-0.25, -0.2) is 9.97 Å². The first kappa shape index (κ1) is 13.9. The Labute approximate surface area is 104 Å². The van der Waals surface area contributed by atoms with Gasteiger partial charge in [0.1, 0.15) is 11.6 Å². The van der Waals surface area contributed by atoms with E-state index < -0.39 is 0 Å². The second kappa shape index (κ2) is 7.22. The Kier molecular flexibility index (Phi) is 5.91. The molecule has 4 nitrogen and oxygen atoms in total. The Morgan fingerprint density at radius 1 is 1.35 bits per heavy atom. The summed E-state index contributed by atoms with van der Waals surface area (Å²) in [6.45, 7) is 6.80. The lowest BCUT2D eigenvalue weighted by Crippen LogP contribution is -2.25. The van der Waals surface area contributed by atoms with E-state index in [1.165, 1.54) is 12.8 Å². The predicted molar refractivity (Wildman–Crippen MR) is 70.3 cm³/mol. The van der Waals surface area contributed by atoms with Crippen molar-refractivity contribution in [2.24, 2.45) is 0 Å². The van der Waals surface area contributed by atoms with Gasteiger partial charge >= 0.3 is 0 Å². The van der Waals surface area contributed by atoms with Crippen LogP contribution in [0.15, 0.2) is 6.07 Å². The highest BCUT2D eigenvalue weighted by atomic mass is 16.5. The first-order valence-corrected chi connectivity index (χ1v) is 6.23. The van der Waals surface area contributed by atoms with Gasteiger partial charge in [0, 0.05) is 18.9 Å². The van der Waals surface area contributed by atoms with Crippen LogP contribution in [0.4, 0.5) is 5.82 Å². The second-order valence-corrected chi connectivity index (χ2v) is 4.38. The molecule has 1 heterocycles. The Morgan fingerprint density at radius 3 is 2.71 bits per heavy atom. The van der Waals surface area contributed by atoms with Gasteiger partial charge in [0.25, 0.3) is 0 Å². The van der Waals surface area contributed by atoms with E-state index in [0.29, 0.717) is 12.6 Å². The molecule has 0 aromatic carbocycles. The topological polar surface area (TPSA) is 47.0 Å². The van der Waals surface area contributed by atoms with Crippen LogP contribution in [0.2, 0.25) is 0 Å². The van der Waals surface area contributed by atoms with Crippen molar-refractivity contribution in [1.82, 2.24) is 9.97 Å². The van der Waals surface area contributed by atoms with Crippen molar-refractivity contribution >= 4 is 5.82 Å². The van der Waals surface area contributed by atoms with Gasteiger partial charge < -0.3 is 10.1 Å². The molecule has 0 spiro atoms. The van der Waals surface area contributed by atoms with E-state index in [-0.39, 0.29) is 0 Å². The number of aryl methyl sites for hydroxylation is 2. The number of hydrogen-bond acceptors (Lipinski definition) is 4. The molecule has 1 aromatic rings. The lowest BCUT2D eigenvalue weighted by Gasteiger charge is -2.18. The van der Waals surface area contributed by atoms with Gasteiger partial charge in [0.15, 0.2) is 0 Å². The molecule has 0 saturated carbocycles. The molecule has 96 valence electrons. The molecule has 1 unspecified atom stereocenters. The number of nitrogens with one attached hydrogen (secondary N) is 1. The highest BCUT2D eigenvalue weighted by Crippen LogP contribution is 2.11. The molecular formula is C13H23N3O. The summed E-state index contributed by atoms with van der Waals surface area (Å²) < 4.78 is 5.23. The number of aromatic nitrogens is 2. The van der Waals surface area contributed by atoms with Gasteiger partial charge in [-0.15, -0.1) is 0 Å². The van der Waals surface area contributed by atoms with Crippen LogP contribution in [0.25, 0.3) is 0 Å². The maximum atomic E-state index is 5.23. The number of unbranched alkanes of at least 4 members (excludes halogenated alkanes) is 1. The Morgan fingerprint density at radius 2 is 2.12 bits per heavy atom. The molecule has 0 aliphatic rings. The zero-order valence-electron chi connectivity index (χ0n) is 11.3. The number of hydrogen-bond donors (Lipinski definition) is 1. The molecule has 0 aliphatic carbocycles. The lowest BCUT2D eigenvalue weighted by atomic mass is 10.1. The van der Waals surface area contributed by atoms with Crippen LogP contribution < -0.4 is 5.32 Å². The number of methoxy groups -OCH3 is 1. The van der Waals surface area contributed by atoms with Crippen molar-refractivity contribution in [3.63, 3.8) is 0 Å². The molecule has 1 rings (SSSR count). The fourth-order valence-corrected chi connectivity index (χ4v) is 1.85. The standard InChI is InChI=1S/C13H23N3O/c1-5-6-7-12(9-17-4)16-13-8-10(2)14-11(3)15-13/h8,12H,5-7,9H2,1-4H3,(H,14,15,16). The van der Waals surface area contributed by atoms with Crippen LogP contribution in [-0.2, 0) is 4.74 Å². The van der Waals surface area contributed by atoms with Crippen LogP contribution in [-0.4, -0.2) is 29.7 Å². The van der Waals surface area contributed by atoms with Gasteiger partial charge in [-0.3, -0.25) is 0 Å². The van der Waals surface area contributed by atoms with E-state index in [0.717, 1.165) is 23.8 Å². The molecule has 0 fully saturated rings. The van der Waals surface area contributed by atoms with Gasteiger partial charge in [0.05, 0.1) is 12.6 Å². The van der Waals surface area contributed by atoms with Gasteiger partial charge in [0.2, 0.25) is 0 Å². The zero-order chi connectivity index (χ0) is 12.7. The fraction of sp³-hybridized carbons (Fsp3) is 0.692. The van der Waals surface area contributed by atoms with Gasteiger partial charge in [-0.1, -0.05) is 19.8 Å². The summed E-state index contributed by atoms with van der Waals surface area (Å²) >= 11 is 0. The van der Waals surface area contributed by atoms with Crippen LogP contribution in [0.3, 0.4) is 0 Å². The maximum absolute atomic E-state index is 5.23. The van der Waals surface area contributed by atoms with Crippen LogP contribution in [0, 0.1) is 13.8 Å². The van der Waals surface area contributed by atoms with E-state index in [4.69, 9.17) is 4.74 Å². The average molecular weight is 237 g/mol. The smallest absolute Gasteiger partial charge is 0.130 e. The molecule has 17 heavy (non-hydrogen) atoms. The van der Waals surface area contributed by atoms with Crippen molar-refractivity contribution in [2.45, 2.75) is 46.1 Å². The summed E-state index contributed by atoms with van der Waals surface area (Å²) in [5.41, 5.74) is 0.992. The van der Waals surface area contributed by atoms with Crippen molar-refractivity contribution in [3.8, 4) is 0 Å². The van der Waals surface area contributed by atoms with Crippen molar-refractivity contribution in [1.29, 1.82) is 0 Å². The monoisotopic (exact) mass is 237 g/mol. The predicted octanol–water partition coefficient (Wildman–Crippen LogP) is 2.71. The highest BCUT2D eigenvalue weighted by Gasteiger charge is 2.09. The molecule has 1 N–H and O–H groups in total. The number of anilines is 1. The molecule has 0 radical (unpaired) electrons. The third-order valence-electron chi connectivity index (χ3n) is 2.59. The third-order valence-corrected chi connectivity index (χ3v) is 2.59. The number of rotatable bonds is 7. The van der Waals surface area contributed by atoms with Gasteiger partial charge in [-0.05, 0) is 20.3 Å². The minimum Gasteiger partial charge on any atom is -0.383 e. The molecule has 1 atom stereocenters. The Balaban J connectivity index is 2.63. The van der Waals surface area contributed by atoms with E-state index in [1.807, 2.05) is 19.9 Å². The molecule has 0 bridgehead atoms. The number of nitrogens with zero attached hydrogens (tertiary/aromatic N) is 2. The highest BCUT2D eigenvalue weighted by molar-refractivity contribution is 5.36. The van der Waals surface area contributed by atoms with Crippen molar-refractivity contribution in [3.05, 3.63) is 17.6 Å².